The Labute approximate surface area is 155 Å². The van der Waals surface area contributed by atoms with E-state index in [4.69, 9.17) is 23.2 Å². The van der Waals surface area contributed by atoms with Gasteiger partial charge in [-0.25, -0.2) is 4.39 Å². The van der Waals surface area contributed by atoms with Crippen LogP contribution in [-0.2, 0) is 16.0 Å². The van der Waals surface area contributed by atoms with Crippen LogP contribution in [0.3, 0.4) is 0 Å². The molecule has 0 aliphatic rings. The predicted octanol–water partition coefficient (Wildman–Crippen LogP) is 3.84. The molecule has 2 amide bonds. The third kappa shape index (κ3) is 5.44. The van der Waals surface area contributed by atoms with Crippen LogP contribution in [0.25, 0.3) is 0 Å². The fourth-order valence-corrected chi connectivity index (χ4v) is 2.70. The van der Waals surface area contributed by atoms with Crippen LogP contribution in [0.15, 0.2) is 42.5 Å². The molecule has 132 valence electrons. The smallest absolute Gasteiger partial charge is 0.224 e. The average molecular weight is 383 g/mol. The summed E-state index contributed by atoms with van der Waals surface area (Å²) in [6.07, 6.45) is 0.137. The Morgan fingerprint density at radius 1 is 1.12 bits per heavy atom. The summed E-state index contributed by atoms with van der Waals surface area (Å²) in [5.41, 5.74) is 1.20. The van der Waals surface area contributed by atoms with Crippen molar-refractivity contribution in [3.8, 4) is 0 Å². The minimum absolute atomic E-state index is 0.137. The summed E-state index contributed by atoms with van der Waals surface area (Å²) in [7, 11) is 0. The topological polar surface area (TPSA) is 49.4 Å². The molecule has 0 atom stereocenters. The van der Waals surface area contributed by atoms with Crippen LogP contribution in [0.2, 0.25) is 10.0 Å². The SMILES string of the molecule is CC(=O)N(CCNC(=O)Cc1ccc(F)cc1)c1cccc(Cl)c1Cl. The lowest BCUT2D eigenvalue weighted by Gasteiger charge is -2.23. The molecule has 0 aliphatic carbocycles. The lowest BCUT2D eigenvalue weighted by Crippen LogP contribution is -2.38. The molecule has 25 heavy (non-hydrogen) atoms. The number of hydrogen-bond donors (Lipinski definition) is 1. The summed E-state index contributed by atoms with van der Waals surface area (Å²) in [6.45, 7) is 1.92. The van der Waals surface area contributed by atoms with E-state index in [1.807, 2.05) is 0 Å². The summed E-state index contributed by atoms with van der Waals surface area (Å²) in [6, 6.07) is 10.8. The zero-order chi connectivity index (χ0) is 18.4. The quantitative estimate of drug-likeness (QED) is 0.824. The van der Waals surface area contributed by atoms with Gasteiger partial charge < -0.3 is 10.2 Å². The van der Waals surface area contributed by atoms with Crippen LogP contribution in [0.4, 0.5) is 10.1 Å². The molecule has 0 aliphatic heterocycles. The van der Waals surface area contributed by atoms with Gasteiger partial charge in [0.2, 0.25) is 11.8 Å². The number of halogens is 3. The normalized spacial score (nSPS) is 10.4. The highest BCUT2D eigenvalue weighted by Gasteiger charge is 2.16. The minimum atomic E-state index is -0.348. The van der Waals surface area contributed by atoms with Gasteiger partial charge in [0.05, 0.1) is 22.2 Å². The van der Waals surface area contributed by atoms with Crippen LogP contribution in [0, 0.1) is 5.82 Å². The number of benzene rings is 2. The lowest BCUT2D eigenvalue weighted by molar-refractivity contribution is -0.121. The molecule has 0 heterocycles. The van der Waals surface area contributed by atoms with Crippen molar-refractivity contribution in [1.29, 1.82) is 0 Å². The van der Waals surface area contributed by atoms with Gasteiger partial charge in [-0.1, -0.05) is 41.4 Å². The molecule has 2 rings (SSSR count). The molecular formula is C18H17Cl2FN2O2. The van der Waals surface area contributed by atoms with Gasteiger partial charge in [0.1, 0.15) is 5.82 Å². The van der Waals surface area contributed by atoms with Crippen LogP contribution in [-0.4, -0.2) is 24.9 Å². The third-order valence-electron chi connectivity index (χ3n) is 3.54. The first-order valence-electron chi connectivity index (χ1n) is 7.61. The van der Waals surface area contributed by atoms with Gasteiger partial charge in [0.25, 0.3) is 0 Å². The van der Waals surface area contributed by atoms with E-state index >= 15 is 0 Å². The number of carbonyl (C=O) groups excluding carboxylic acids is 2. The van der Waals surface area contributed by atoms with E-state index in [9.17, 15) is 14.0 Å². The van der Waals surface area contributed by atoms with Gasteiger partial charge in [-0.3, -0.25) is 9.59 Å². The van der Waals surface area contributed by atoms with Gasteiger partial charge in [0.15, 0.2) is 0 Å². The second-order valence-electron chi connectivity index (χ2n) is 5.40. The second-order valence-corrected chi connectivity index (χ2v) is 6.18. The van der Waals surface area contributed by atoms with E-state index in [1.165, 1.54) is 24.0 Å². The Hall–Kier alpha value is -2.11. The predicted molar refractivity (Wildman–Crippen MR) is 97.6 cm³/mol. The van der Waals surface area contributed by atoms with Gasteiger partial charge >= 0.3 is 0 Å². The molecule has 0 bridgehead atoms. The van der Waals surface area contributed by atoms with Crippen LogP contribution in [0.5, 0.6) is 0 Å². The standard InChI is InChI=1S/C18H17Cl2FN2O2/c1-12(24)23(16-4-2-3-15(19)18(16)20)10-9-22-17(25)11-13-5-7-14(21)8-6-13/h2-8H,9-11H2,1H3,(H,22,25). The molecule has 0 saturated carbocycles. The second kappa shape index (κ2) is 8.83. The molecule has 1 N–H and O–H groups in total. The first-order chi connectivity index (χ1) is 11.9. The minimum Gasteiger partial charge on any atom is -0.354 e. The van der Waals surface area contributed by atoms with Crippen molar-refractivity contribution in [1.82, 2.24) is 5.32 Å². The molecule has 2 aromatic rings. The highest BCUT2D eigenvalue weighted by atomic mass is 35.5. The molecule has 0 saturated heterocycles. The van der Waals surface area contributed by atoms with Gasteiger partial charge in [-0.05, 0) is 29.8 Å². The number of carbonyl (C=O) groups is 2. The van der Waals surface area contributed by atoms with Gasteiger partial charge in [0, 0.05) is 20.0 Å². The van der Waals surface area contributed by atoms with E-state index in [0.717, 1.165) is 0 Å². The summed E-state index contributed by atoms with van der Waals surface area (Å²) in [4.78, 5) is 25.3. The molecular weight excluding hydrogens is 366 g/mol. The number of amides is 2. The summed E-state index contributed by atoms with van der Waals surface area (Å²) < 4.78 is 12.9. The molecule has 7 heteroatoms. The largest absolute Gasteiger partial charge is 0.354 e. The fourth-order valence-electron chi connectivity index (χ4n) is 2.31. The molecule has 0 radical (unpaired) electrons. The summed E-state index contributed by atoms with van der Waals surface area (Å²) >= 11 is 12.1. The zero-order valence-corrected chi connectivity index (χ0v) is 15.1. The fraction of sp³-hybridized carbons (Fsp3) is 0.222. The Balaban J connectivity index is 1.93. The Bertz CT molecular complexity index is 766. The first-order valence-corrected chi connectivity index (χ1v) is 8.37. The van der Waals surface area contributed by atoms with Gasteiger partial charge in [-0.15, -0.1) is 0 Å². The number of hydrogen-bond acceptors (Lipinski definition) is 2. The van der Waals surface area contributed by atoms with Gasteiger partial charge in [-0.2, -0.15) is 0 Å². The Morgan fingerprint density at radius 2 is 1.80 bits per heavy atom. The van der Waals surface area contributed by atoms with Crippen molar-refractivity contribution in [2.75, 3.05) is 18.0 Å². The number of nitrogens with one attached hydrogen (secondary N) is 1. The Morgan fingerprint density at radius 3 is 2.44 bits per heavy atom. The maximum absolute atomic E-state index is 12.9. The van der Waals surface area contributed by atoms with Crippen molar-refractivity contribution in [3.05, 3.63) is 63.9 Å². The summed E-state index contributed by atoms with van der Waals surface area (Å²) in [5, 5.41) is 3.37. The van der Waals surface area contributed by atoms with Crippen LogP contribution >= 0.6 is 23.2 Å². The maximum Gasteiger partial charge on any atom is 0.224 e. The van der Waals surface area contributed by atoms with E-state index in [2.05, 4.69) is 5.32 Å². The van der Waals surface area contributed by atoms with Crippen LogP contribution < -0.4 is 10.2 Å². The molecule has 2 aromatic carbocycles. The van der Waals surface area contributed by atoms with Crippen molar-refractivity contribution in [2.45, 2.75) is 13.3 Å². The molecule has 0 fully saturated rings. The number of anilines is 1. The zero-order valence-electron chi connectivity index (χ0n) is 13.6. The summed E-state index contributed by atoms with van der Waals surface area (Å²) in [5.74, 6) is -0.774. The number of nitrogens with zero attached hydrogens (tertiary/aromatic N) is 1. The molecule has 0 unspecified atom stereocenters. The lowest BCUT2D eigenvalue weighted by atomic mass is 10.1. The van der Waals surface area contributed by atoms with Crippen molar-refractivity contribution in [3.63, 3.8) is 0 Å². The van der Waals surface area contributed by atoms with Crippen molar-refractivity contribution in [2.24, 2.45) is 0 Å². The van der Waals surface area contributed by atoms with E-state index in [1.54, 1.807) is 30.3 Å². The van der Waals surface area contributed by atoms with E-state index in [-0.39, 0.29) is 42.2 Å². The molecule has 0 spiro atoms. The van der Waals surface area contributed by atoms with Crippen molar-refractivity contribution >= 4 is 40.7 Å². The average Bonchev–Trinajstić information content (AvgIpc) is 2.56. The van der Waals surface area contributed by atoms with Crippen molar-refractivity contribution < 1.29 is 14.0 Å². The first kappa shape index (κ1) is 19.2. The third-order valence-corrected chi connectivity index (χ3v) is 4.35. The molecule has 0 aromatic heterocycles. The number of rotatable bonds is 6. The van der Waals surface area contributed by atoms with E-state index in [0.29, 0.717) is 16.3 Å². The maximum atomic E-state index is 12.9. The Kier molecular flexibility index (Phi) is 6.79. The monoisotopic (exact) mass is 382 g/mol. The van der Waals surface area contributed by atoms with E-state index < -0.39 is 0 Å². The van der Waals surface area contributed by atoms with Crippen LogP contribution in [0.1, 0.15) is 12.5 Å². The highest BCUT2D eigenvalue weighted by Crippen LogP contribution is 2.32. The highest BCUT2D eigenvalue weighted by molar-refractivity contribution is 6.44. The molecule has 4 nitrogen and oxygen atoms in total.